The molecule has 0 unspecified atom stereocenters. The summed E-state index contributed by atoms with van der Waals surface area (Å²) in [5, 5.41) is 0.860. The summed E-state index contributed by atoms with van der Waals surface area (Å²) in [6.45, 7) is 4.31. The molecule has 1 amide bonds. The number of fused-ring (bicyclic) bond motifs is 2. The number of hydrogen-bond donors (Lipinski definition) is 1. The molecule has 144 valence electrons. The van der Waals surface area contributed by atoms with Gasteiger partial charge in [-0.1, -0.05) is 25.1 Å². The number of amides is 1. The zero-order valence-electron chi connectivity index (χ0n) is 15.9. The molecule has 28 heavy (non-hydrogen) atoms. The fourth-order valence-electron chi connectivity index (χ4n) is 4.00. The number of aromatic amines is 1. The lowest BCUT2D eigenvalue weighted by Crippen LogP contribution is -2.42. The monoisotopic (exact) mass is 378 g/mol. The Bertz CT molecular complexity index is 1130. The fourth-order valence-corrected chi connectivity index (χ4v) is 4.00. The summed E-state index contributed by atoms with van der Waals surface area (Å²) < 4.78 is 1.91. The molecule has 2 aromatic heterocycles. The van der Waals surface area contributed by atoms with Crippen LogP contribution in [0.1, 0.15) is 47.9 Å². The molecule has 1 aliphatic heterocycles. The van der Waals surface area contributed by atoms with E-state index < -0.39 is 6.04 Å². The molecule has 0 saturated heterocycles. The molecule has 4 rings (SSSR count). The van der Waals surface area contributed by atoms with Crippen LogP contribution in [0, 0.1) is 0 Å². The van der Waals surface area contributed by atoms with Crippen molar-refractivity contribution in [1.82, 2.24) is 19.4 Å². The number of aromatic nitrogens is 3. The lowest BCUT2D eigenvalue weighted by molar-refractivity contribution is -0.135. The van der Waals surface area contributed by atoms with Gasteiger partial charge < -0.3 is 14.5 Å². The number of Topliss-reactive ketones (excluding diaryl/α,β-unsaturated/α-hetero) is 1. The topological polar surface area (TPSA) is 88.1 Å². The van der Waals surface area contributed by atoms with Crippen LogP contribution < -0.4 is 5.56 Å². The van der Waals surface area contributed by atoms with Gasteiger partial charge in [0.25, 0.3) is 5.56 Å². The molecule has 3 aromatic rings. The second-order valence-corrected chi connectivity index (χ2v) is 7.11. The van der Waals surface area contributed by atoms with Crippen LogP contribution in [0.5, 0.6) is 0 Å². The van der Waals surface area contributed by atoms with E-state index in [1.807, 2.05) is 35.8 Å². The normalized spacial score (nSPS) is 14.7. The minimum Gasteiger partial charge on any atom is -0.335 e. The highest BCUT2D eigenvalue weighted by Gasteiger charge is 2.30. The zero-order chi connectivity index (χ0) is 19.8. The lowest BCUT2D eigenvalue weighted by atomic mass is 10.0. The minimum absolute atomic E-state index is 0.0208. The van der Waals surface area contributed by atoms with Crippen molar-refractivity contribution in [3.63, 3.8) is 0 Å². The van der Waals surface area contributed by atoms with Crippen LogP contribution in [0.25, 0.3) is 10.9 Å². The van der Waals surface area contributed by atoms with E-state index >= 15 is 0 Å². The Morgan fingerprint density at radius 2 is 2.07 bits per heavy atom. The molecule has 0 bridgehead atoms. The van der Waals surface area contributed by atoms with Gasteiger partial charge in [0.15, 0.2) is 5.78 Å². The molecule has 7 nitrogen and oxygen atoms in total. The first kappa shape index (κ1) is 18.2. The molecule has 1 aromatic carbocycles. The van der Waals surface area contributed by atoms with Crippen molar-refractivity contribution in [1.29, 1.82) is 0 Å². The van der Waals surface area contributed by atoms with Crippen LogP contribution in [-0.4, -0.2) is 37.7 Å². The van der Waals surface area contributed by atoms with Gasteiger partial charge in [-0.15, -0.1) is 0 Å². The minimum atomic E-state index is -0.415. The summed E-state index contributed by atoms with van der Waals surface area (Å²) in [5.41, 5.74) is 2.68. The van der Waals surface area contributed by atoms with Crippen molar-refractivity contribution in [2.24, 2.45) is 0 Å². The van der Waals surface area contributed by atoms with Gasteiger partial charge in [0.1, 0.15) is 6.04 Å². The van der Waals surface area contributed by atoms with E-state index in [1.54, 1.807) is 18.0 Å². The van der Waals surface area contributed by atoms with Gasteiger partial charge in [0.05, 0.1) is 18.6 Å². The number of hydrogen-bond acceptors (Lipinski definition) is 4. The lowest BCUT2D eigenvalue weighted by Gasteiger charge is -2.31. The third-order valence-electron chi connectivity index (χ3n) is 5.45. The Morgan fingerprint density at radius 1 is 1.29 bits per heavy atom. The van der Waals surface area contributed by atoms with Crippen molar-refractivity contribution >= 4 is 22.6 Å². The van der Waals surface area contributed by atoms with Gasteiger partial charge in [-0.25, -0.2) is 4.98 Å². The van der Waals surface area contributed by atoms with Crippen molar-refractivity contribution in [3.05, 3.63) is 64.0 Å². The van der Waals surface area contributed by atoms with Crippen LogP contribution >= 0.6 is 0 Å². The van der Waals surface area contributed by atoms with E-state index in [0.29, 0.717) is 42.8 Å². The Morgan fingerprint density at radius 3 is 2.82 bits per heavy atom. The Hall–Kier alpha value is -3.22. The summed E-state index contributed by atoms with van der Waals surface area (Å²) in [6.07, 6.45) is 4.26. The van der Waals surface area contributed by atoms with E-state index in [1.165, 1.54) is 6.33 Å². The van der Waals surface area contributed by atoms with Crippen molar-refractivity contribution in [2.75, 3.05) is 6.54 Å². The first-order chi connectivity index (χ1) is 13.5. The standard InChI is InChI=1S/C21H22N4O3/c1-3-18(25-10-16(13(2)26)14-6-4-5-7-19(14)25)21(28)24-9-8-15-17(11-24)22-12-23-20(15)27/h4-7,10,12,18H,3,8-9,11H2,1-2H3,(H,22,23,27)/t18-/m1/s1. The third kappa shape index (κ3) is 2.93. The molecule has 3 heterocycles. The number of rotatable bonds is 4. The number of H-pyrrole nitrogens is 1. The maximum atomic E-state index is 13.4. The average Bonchev–Trinajstić information content (AvgIpc) is 3.08. The highest BCUT2D eigenvalue weighted by Crippen LogP contribution is 2.28. The summed E-state index contributed by atoms with van der Waals surface area (Å²) >= 11 is 0. The number of ketones is 1. The van der Waals surface area contributed by atoms with Gasteiger partial charge >= 0.3 is 0 Å². The van der Waals surface area contributed by atoms with Gasteiger partial charge in [-0.2, -0.15) is 0 Å². The highest BCUT2D eigenvalue weighted by atomic mass is 16.2. The highest BCUT2D eigenvalue weighted by molar-refractivity contribution is 6.07. The molecule has 1 aliphatic rings. The largest absolute Gasteiger partial charge is 0.335 e. The SMILES string of the molecule is CC[C@H](C(=O)N1CCc2c(nc[nH]c2=O)C1)n1cc(C(C)=O)c2ccccc21. The molecule has 0 fully saturated rings. The first-order valence-corrected chi connectivity index (χ1v) is 9.46. The van der Waals surface area contributed by atoms with Crippen LogP contribution in [0.3, 0.4) is 0 Å². The number of nitrogens with one attached hydrogen (secondary N) is 1. The summed E-state index contributed by atoms with van der Waals surface area (Å²) in [4.78, 5) is 46.0. The van der Waals surface area contributed by atoms with Gasteiger partial charge in [-0.05, 0) is 25.8 Å². The van der Waals surface area contributed by atoms with E-state index in [4.69, 9.17) is 0 Å². The Labute approximate surface area is 162 Å². The predicted molar refractivity (Wildman–Crippen MR) is 105 cm³/mol. The smallest absolute Gasteiger partial charge is 0.254 e. The van der Waals surface area contributed by atoms with Crippen LogP contribution in [0.2, 0.25) is 0 Å². The second-order valence-electron chi connectivity index (χ2n) is 7.11. The Kier molecular flexibility index (Phi) is 4.58. The van der Waals surface area contributed by atoms with Crippen molar-refractivity contribution in [2.45, 2.75) is 39.3 Å². The molecule has 0 aliphatic carbocycles. The number of para-hydroxylation sites is 1. The zero-order valence-corrected chi connectivity index (χ0v) is 15.9. The van der Waals surface area contributed by atoms with Crippen LogP contribution in [-0.2, 0) is 17.8 Å². The van der Waals surface area contributed by atoms with Crippen molar-refractivity contribution in [3.8, 4) is 0 Å². The maximum absolute atomic E-state index is 13.4. The fraction of sp³-hybridized carbons (Fsp3) is 0.333. The molecule has 7 heteroatoms. The molecule has 1 atom stereocenters. The van der Waals surface area contributed by atoms with E-state index in [-0.39, 0.29) is 17.2 Å². The summed E-state index contributed by atoms with van der Waals surface area (Å²) in [6, 6.07) is 7.23. The molecule has 1 N–H and O–H groups in total. The quantitative estimate of drug-likeness (QED) is 0.707. The van der Waals surface area contributed by atoms with E-state index in [9.17, 15) is 14.4 Å². The number of carbonyl (C=O) groups is 2. The van der Waals surface area contributed by atoms with Crippen LogP contribution in [0.4, 0.5) is 0 Å². The Balaban J connectivity index is 1.70. The second kappa shape index (κ2) is 7.07. The third-order valence-corrected chi connectivity index (χ3v) is 5.45. The number of nitrogens with zero attached hydrogens (tertiary/aromatic N) is 3. The number of carbonyl (C=O) groups excluding carboxylic acids is 2. The predicted octanol–water partition coefficient (Wildman–Crippen LogP) is 2.46. The van der Waals surface area contributed by atoms with Crippen molar-refractivity contribution < 1.29 is 9.59 Å². The first-order valence-electron chi connectivity index (χ1n) is 9.46. The maximum Gasteiger partial charge on any atom is 0.254 e. The molecular formula is C21H22N4O3. The van der Waals surface area contributed by atoms with Gasteiger partial charge in [0, 0.05) is 34.8 Å². The molecular weight excluding hydrogens is 356 g/mol. The average molecular weight is 378 g/mol. The molecule has 0 saturated carbocycles. The number of benzene rings is 1. The van der Waals surface area contributed by atoms with Gasteiger partial charge in [-0.3, -0.25) is 14.4 Å². The van der Waals surface area contributed by atoms with E-state index in [0.717, 1.165) is 10.9 Å². The summed E-state index contributed by atoms with van der Waals surface area (Å²) in [5.74, 6) is -0.0429. The van der Waals surface area contributed by atoms with E-state index in [2.05, 4.69) is 9.97 Å². The molecule has 0 radical (unpaired) electrons. The molecule has 0 spiro atoms. The van der Waals surface area contributed by atoms with Gasteiger partial charge in [0.2, 0.25) is 5.91 Å². The van der Waals surface area contributed by atoms with Crippen LogP contribution in [0.15, 0.2) is 41.6 Å². The summed E-state index contributed by atoms with van der Waals surface area (Å²) in [7, 11) is 0.